The lowest BCUT2D eigenvalue weighted by atomic mass is 10.0. The van der Waals surface area contributed by atoms with E-state index in [0.717, 1.165) is 23.4 Å². The van der Waals surface area contributed by atoms with E-state index in [0.29, 0.717) is 6.61 Å². The Bertz CT molecular complexity index is 525. The van der Waals surface area contributed by atoms with Crippen LogP contribution in [0.15, 0.2) is 42.6 Å². The predicted octanol–water partition coefficient (Wildman–Crippen LogP) is 4.31. The number of halogens is 1. The van der Waals surface area contributed by atoms with Crippen LogP contribution in [-0.4, -0.2) is 11.6 Å². The molecule has 0 spiro atoms. The molecule has 2 nitrogen and oxygen atoms in total. The average Bonchev–Trinajstić information content (AvgIpc) is 2.42. The van der Waals surface area contributed by atoms with Gasteiger partial charge in [0.15, 0.2) is 0 Å². The molecular weight excluding hydrogens is 258 g/mol. The number of alkyl halides is 1. The minimum Gasteiger partial charge on any atom is -0.494 e. The van der Waals surface area contributed by atoms with Crippen LogP contribution in [0.4, 0.5) is 0 Å². The lowest BCUT2D eigenvalue weighted by molar-refractivity contribution is 0.340. The first-order chi connectivity index (χ1) is 9.20. The number of aromatic nitrogens is 1. The molecule has 0 aliphatic carbocycles. The third-order valence-corrected chi connectivity index (χ3v) is 3.45. The van der Waals surface area contributed by atoms with Gasteiger partial charge in [-0.2, -0.15) is 0 Å². The maximum Gasteiger partial charge on any atom is 0.119 e. The summed E-state index contributed by atoms with van der Waals surface area (Å²) in [6.45, 7) is 4.71. The van der Waals surface area contributed by atoms with E-state index < -0.39 is 0 Å². The SMILES string of the molecule is CCOc1ccc(C(Cl)Cc2ncccc2C)cc1. The van der Waals surface area contributed by atoms with Crippen LogP contribution in [-0.2, 0) is 6.42 Å². The number of ether oxygens (including phenoxy) is 1. The smallest absolute Gasteiger partial charge is 0.119 e. The van der Waals surface area contributed by atoms with Crippen molar-refractivity contribution >= 4 is 11.6 Å². The van der Waals surface area contributed by atoms with Crippen LogP contribution >= 0.6 is 11.6 Å². The Hall–Kier alpha value is -1.54. The highest BCUT2D eigenvalue weighted by molar-refractivity contribution is 6.20. The van der Waals surface area contributed by atoms with Gasteiger partial charge in [-0.3, -0.25) is 4.98 Å². The van der Waals surface area contributed by atoms with Crippen LogP contribution < -0.4 is 4.74 Å². The molecule has 0 saturated carbocycles. The summed E-state index contributed by atoms with van der Waals surface area (Å²) in [5, 5.41) is -0.0655. The van der Waals surface area contributed by atoms with Crippen molar-refractivity contribution in [2.75, 3.05) is 6.61 Å². The number of hydrogen-bond acceptors (Lipinski definition) is 2. The van der Waals surface area contributed by atoms with Crippen molar-refractivity contribution in [2.24, 2.45) is 0 Å². The van der Waals surface area contributed by atoms with Crippen LogP contribution in [0, 0.1) is 6.92 Å². The van der Waals surface area contributed by atoms with Gasteiger partial charge in [0.25, 0.3) is 0 Å². The van der Waals surface area contributed by atoms with Gasteiger partial charge in [-0.1, -0.05) is 18.2 Å². The van der Waals surface area contributed by atoms with Crippen LogP contribution in [0.25, 0.3) is 0 Å². The van der Waals surface area contributed by atoms with Gasteiger partial charge in [0.05, 0.1) is 12.0 Å². The Morgan fingerprint density at radius 3 is 2.58 bits per heavy atom. The largest absolute Gasteiger partial charge is 0.494 e. The quantitative estimate of drug-likeness (QED) is 0.759. The molecule has 2 rings (SSSR count). The number of benzene rings is 1. The molecule has 0 N–H and O–H groups in total. The molecule has 0 bridgehead atoms. The first-order valence-corrected chi connectivity index (χ1v) is 6.91. The number of rotatable bonds is 5. The molecule has 0 aliphatic heterocycles. The summed E-state index contributed by atoms with van der Waals surface area (Å²) in [6, 6.07) is 11.9. The molecule has 1 aromatic heterocycles. The Labute approximate surface area is 119 Å². The fraction of sp³-hybridized carbons (Fsp3) is 0.312. The highest BCUT2D eigenvalue weighted by Crippen LogP contribution is 2.26. The lowest BCUT2D eigenvalue weighted by Crippen LogP contribution is -2.00. The van der Waals surface area contributed by atoms with Crippen molar-refractivity contribution in [3.05, 3.63) is 59.4 Å². The van der Waals surface area contributed by atoms with E-state index in [-0.39, 0.29) is 5.38 Å². The minimum absolute atomic E-state index is 0.0655. The Morgan fingerprint density at radius 1 is 1.21 bits per heavy atom. The van der Waals surface area contributed by atoms with E-state index in [1.165, 1.54) is 5.56 Å². The molecule has 100 valence electrons. The summed E-state index contributed by atoms with van der Waals surface area (Å²) in [7, 11) is 0. The molecule has 1 unspecified atom stereocenters. The van der Waals surface area contributed by atoms with Crippen molar-refractivity contribution < 1.29 is 4.74 Å². The number of pyridine rings is 1. The molecule has 1 atom stereocenters. The molecule has 1 aromatic carbocycles. The van der Waals surface area contributed by atoms with Gasteiger partial charge < -0.3 is 4.74 Å². The molecular formula is C16H18ClNO. The summed E-state index contributed by atoms with van der Waals surface area (Å²) < 4.78 is 5.42. The van der Waals surface area contributed by atoms with E-state index >= 15 is 0 Å². The highest BCUT2D eigenvalue weighted by Gasteiger charge is 2.11. The van der Waals surface area contributed by atoms with Gasteiger partial charge in [-0.25, -0.2) is 0 Å². The van der Waals surface area contributed by atoms with Gasteiger partial charge in [-0.05, 0) is 43.2 Å². The normalized spacial score (nSPS) is 12.2. The van der Waals surface area contributed by atoms with Gasteiger partial charge in [0.1, 0.15) is 5.75 Å². The first kappa shape index (κ1) is 13.9. The minimum atomic E-state index is -0.0655. The summed E-state index contributed by atoms with van der Waals surface area (Å²) in [5.74, 6) is 0.879. The van der Waals surface area contributed by atoms with Crippen molar-refractivity contribution in [3.63, 3.8) is 0 Å². The molecule has 2 aromatic rings. The molecule has 0 radical (unpaired) electrons. The van der Waals surface area contributed by atoms with Crippen LogP contribution in [0.2, 0.25) is 0 Å². The zero-order chi connectivity index (χ0) is 13.7. The summed E-state index contributed by atoms with van der Waals surface area (Å²) in [5.41, 5.74) is 3.32. The van der Waals surface area contributed by atoms with Gasteiger partial charge in [-0.15, -0.1) is 11.6 Å². The van der Waals surface area contributed by atoms with Gasteiger partial charge >= 0.3 is 0 Å². The number of aryl methyl sites for hydroxylation is 1. The lowest BCUT2D eigenvalue weighted by Gasteiger charge is -2.12. The van der Waals surface area contributed by atoms with Gasteiger partial charge in [0.2, 0.25) is 0 Å². The summed E-state index contributed by atoms with van der Waals surface area (Å²) in [4.78, 5) is 4.38. The van der Waals surface area contributed by atoms with Crippen LogP contribution in [0.3, 0.4) is 0 Å². The molecule has 0 amide bonds. The Balaban J connectivity index is 2.07. The second kappa shape index (κ2) is 6.58. The standard InChI is InChI=1S/C16H18ClNO/c1-3-19-14-8-6-13(7-9-14)15(17)11-16-12(2)5-4-10-18-16/h4-10,15H,3,11H2,1-2H3. The van der Waals surface area contributed by atoms with Crippen molar-refractivity contribution in [1.29, 1.82) is 0 Å². The van der Waals surface area contributed by atoms with E-state index in [2.05, 4.69) is 18.0 Å². The fourth-order valence-electron chi connectivity index (χ4n) is 1.96. The third-order valence-electron chi connectivity index (χ3n) is 3.04. The Morgan fingerprint density at radius 2 is 1.95 bits per heavy atom. The topological polar surface area (TPSA) is 22.1 Å². The predicted molar refractivity (Wildman–Crippen MR) is 78.9 cm³/mol. The second-order valence-corrected chi connectivity index (χ2v) is 4.97. The second-order valence-electron chi connectivity index (χ2n) is 4.44. The molecule has 19 heavy (non-hydrogen) atoms. The van der Waals surface area contributed by atoms with E-state index in [9.17, 15) is 0 Å². The Kier molecular flexibility index (Phi) is 4.80. The van der Waals surface area contributed by atoms with E-state index in [1.54, 1.807) is 0 Å². The first-order valence-electron chi connectivity index (χ1n) is 6.48. The zero-order valence-electron chi connectivity index (χ0n) is 11.3. The summed E-state index contributed by atoms with van der Waals surface area (Å²) in [6.07, 6.45) is 2.55. The maximum absolute atomic E-state index is 6.46. The average molecular weight is 276 g/mol. The van der Waals surface area contributed by atoms with E-state index in [1.807, 2.05) is 43.5 Å². The summed E-state index contributed by atoms with van der Waals surface area (Å²) >= 11 is 6.46. The van der Waals surface area contributed by atoms with Crippen LogP contribution in [0.5, 0.6) is 5.75 Å². The number of hydrogen-bond donors (Lipinski definition) is 0. The fourth-order valence-corrected chi connectivity index (χ4v) is 2.25. The monoisotopic (exact) mass is 275 g/mol. The molecule has 1 heterocycles. The molecule has 3 heteroatoms. The van der Waals surface area contributed by atoms with Gasteiger partial charge in [0, 0.05) is 18.3 Å². The zero-order valence-corrected chi connectivity index (χ0v) is 12.0. The number of nitrogens with zero attached hydrogens (tertiary/aromatic N) is 1. The van der Waals surface area contributed by atoms with Crippen molar-refractivity contribution in [2.45, 2.75) is 25.6 Å². The highest BCUT2D eigenvalue weighted by atomic mass is 35.5. The van der Waals surface area contributed by atoms with Crippen LogP contribution in [0.1, 0.15) is 29.1 Å². The molecule has 0 fully saturated rings. The van der Waals surface area contributed by atoms with E-state index in [4.69, 9.17) is 16.3 Å². The van der Waals surface area contributed by atoms with Crippen molar-refractivity contribution in [1.82, 2.24) is 4.98 Å². The van der Waals surface area contributed by atoms with Crippen molar-refractivity contribution in [3.8, 4) is 5.75 Å². The molecule has 0 saturated heterocycles. The molecule has 0 aliphatic rings. The third kappa shape index (κ3) is 3.71. The maximum atomic E-state index is 6.46.